The number of carbonyl (C=O) groups is 2. The summed E-state index contributed by atoms with van der Waals surface area (Å²) in [5, 5.41) is 0. The Kier molecular flexibility index (Phi) is 4.41. The van der Waals surface area contributed by atoms with Gasteiger partial charge >= 0.3 is 5.97 Å². The van der Waals surface area contributed by atoms with Crippen LogP contribution in [0.1, 0.15) is 22.6 Å². The fraction of sp³-hybridized carbons (Fsp3) is 0.200. The maximum Gasteiger partial charge on any atom is 0.374 e. The summed E-state index contributed by atoms with van der Waals surface area (Å²) in [6, 6.07) is 16.7. The van der Waals surface area contributed by atoms with Crippen molar-refractivity contribution in [1.29, 1.82) is 0 Å². The van der Waals surface area contributed by atoms with Crippen LogP contribution >= 0.6 is 0 Å². The zero-order valence-electron chi connectivity index (χ0n) is 13.2. The average molecular weight is 320 g/mol. The minimum Gasteiger partial charge on any atom is -0.463 e. The monoisotopic (exact) mass is 320 g/mol. The molecule has 2 atom stereocenters. The average Bonchev–Trinajstić information content (AvgIpc) is 3.01. The summed E-state index contributed by atoms with van der Waals surface area (Å²) < 4.78 is 4.59. The van der Waals surface area contributed by atoms with Crippen LogP contribution in [0.2, 0.25) is 0 Å². The lowest BCUT2D eigenvalue weighted by Gasteiger charge is -2.19. The van der Waals surface area contributed by atoms with Gasteiger partial charge in [0.05, 0.1) is 12.7 Å². The Bertz CT molecular complexity index is 832. The number of benzene rings is 2. The highest BCUT2D eigenvalue weighted by Crippen LogP contribution is 2.45. The van der Waals surface area contributed by atoms with Crippen molar-refractivity contribution in [1.82, 2.24) is 0 Å². The van der Waals surface area contributed by atoms with Gasteiger partial charge in [0.25, 0.3) is 0 Å². The fourth-order valence-electron chi connectivity index (χ4n) is 3.37. The first-order chi connectivity index (χ1) is 11.7. The zero-order chi connectivity index (χ0) is 17.1. The van der Waals surface area contributed by atoms with E-state index in [9.17, 15) is 14.4 Å². The highest BCUT2D eigenvalue weighted by atomic mass is 16.5. The van der Waals surface area contributed by atoms with Gasteiger partial charge in [0.2, 0.25) is 5.78 Å². The van der Waals surface area contributed by atoms with Crippen molar-refractivity contribution in [2.45, 2.75) is 12.3 Å². The van der Waals surface area contributed by atoms with Gasteiger partial charge in [-0.25, -0.2) is 9.59 Å². The number of esters is 1. The second-order valence-electron chi connectivity index (χ2n) is 5.72. The van der Waals surface area contributed by atoms with Gasteiger partial charge in [0.1, 0.15) is 5.94 Å². The summed E-state index contributed by atoms with van der Waals surface area (Å²) in [5.41, 5.74) is 2.95. The van der Waals surface area contributed by atoms with Gasteiger partial charge in [-0.1, -0.05) is 54.6 Å². The molecule has 0 heterocycles. The number of Topliss-reactive ketones (excluding diaryl/α,β-unsaturated/α-hetero) is 1. The Morgan fingerprint density at radius 2 is 1.71 bits per heavy atom. The quantitative estimate of drug-likeness (QED) is 0.493. The highest BCUT2D eigenvalue weighted by Gasteiger charge is 2.42. The van der Waals surface area contributed by atoms with Crippen molar-refractivity contribution in [2.75, 3.05) is 7.11 Å². The number of ether oxygens (including phenoxy) is 1. The van der Waals surface area contributed by atoms with Crippen molar-refractivity contribution < 1.29 is 19.1 Å². The van der Waals surface area contributed by atoms with E-state index in [-0.39, 0.29) is 0 Å². The molecular formula is C20H16O4. The number of hydrogen-bond donors (Lipinski definition) is 0. The molecule has 0 unspecified atom stereocenters. The number of rotatable bonds is 4. The van der Waals surface area contributed by atoms with Crippen LogP contribution in [0.25, 0.3) is 5.57 Å². The smallest absolute Gasteiger partial charge is 0.374 e. The topological polar surface area (TPSA) is 60.4 Å². The molecule has 3 rings (SSSR count). The molecule has 1 aliphatic carbocycles. The summed E-state index contributed by atoms with van der Waals surface area (Å²) in [5.74, 6) is -0.622. The van der Waals surface area contributed by atoms with Gasteiger partial charge in [-0.3, -0.25) is 4.79 Å². The molecule has 0 saturated carbocycles. The Labute approximate surface area is 139 Å². The van der Waals surface area contributed by atoms with Gasteiger partial charge in [0, 0.05) is 11.8 Å². The molecule has 0 spiro atoms. The third-order valence-corrected chi connectivity index (χ3v) is 4.46. The first kappa shape index (κ1) is 15.9. The molecule has 0 N–H and O–H groups in total. The second kappa shape index (κ2) is 6.65. The number of methoxy groups -OCH3 is 1. The van der Waals surface area contributed by atoms with Crippen LogP contribution in [0.15, 0.2) is 54.6 Å². The molecule has 0 fully saturated rings. The minimum absolute atomic E-state index is 0.391. The molecule has 24 heavy (non-hydrogen) atoms. The Morgan fingerprint density at radius 3 is 2.38 bits per heavy atom. The molecular weight excluding hydrogens is 304 g/mol. The fourth-order valence-corrected chi connectivity index (χ4v) is 3.37. The van der Waals surface area contributed by atoms with Gasteiger partial charge < -0.3 is 4.74 Å². The molecule has 120 valence electrons. The van der Waals surface area contributed by atoms with E-state index in [1.807, 2.05) is 48.4 Å². The predicted octanol–water partition coefficient (Wildman–Crippen LogP) is 2.60. The number of allylic oxidation sites excluding steroid dienone is 1. The van der Waals surface area contributed by atoms with E-state index in [0.717, 1.165) is 11.1 Å². The van der Waals surface area contributed by atoms with Crippen LogP contribution < -0.4 is 0 Å². The first-order valence-corrected chi connectivity index (χ1v) is 7.67. The Balaban J connectivity index is 2.11. The third-order valence-electron chi connectivity index (χ3n) is 4.46. The number of hydrogen-bond acceptors (Lipinski definition) is 4. The van der Waals surface area contributed by atoms with Crippen molar-refractivity contribution >= 4 is 23.3 Å². The zero-order valence-corrected chi connectivity index (χ0v) is 13.2. The summed E-state index contributed by atoms with van der Waals surface area (Å²) >= 11 is 0. The number of fused-ring (bicyclic) bond motifs is 1. The van der Waals surface area contributed by atoms with Crippen LogP contribution in [0.3, 0.4) is 0 Å². The second-order valence-corrected chi connectivity index (χ2v) is 5.72. The van der Waals surface area contributed by atoms with E-state index in [1.165, 1.54) is 7.11 Å². The largest absolute Gasteiger partial charge is 0.463 e. The Morgan fingerprint density at radius 1 is 1.04 bits per heavy atom. The van der Waals surface area contributed by atoms with Crippen molar-refractivity contribution in [3.05, 3.63) is 71.3 Å². The first-order valence-electron chi connectivity index (χ1n) is 7.67. The van der Waals surface area contributed by atoms with Crippen LogP contribution in [0.5, 0.6) is 0 Å². The molecule has 2 aromatic carbocycles. The third kappa shape index (κ3) is 2.68. The molecule has 0 aliphatic heterocycles. The number of carbonyl (C=O) groups excluding carboxylic acids is 3. The SMILES string of the molecule is COC(=O)C(=O)[C@H]1Cc2ccccc2[C@H]1C(=C=O)c1ccccc1. The summed E-state index contributed by atoms with van der Waals surface area (Å²) in [4.78, 5) is 36.0. The van der Waals surface area contributed by atoms with E-state index >= 15 is 0 Å². The van der Waals surface area contributed by atoms with E-state index in [0.29, 0.717) is 17.6 Å². The van der Waals surface area contributed by atoms with E-state index in [4.69, 9.17) is 0 Å². The minimum atomic E-state index is -0.879. The lowest BCUT2D eigenvalue weighted by Crippen LogP contribution is -2.28. The maximum atomic E-state index is 12.5. The molecule has 4 nitrogen and oxygen atoms in total. The molecule has 0 bridgehead atoms. The normalized spacial score (nSPS) is 18.4. The van der Waals surface area contributed by atoms with E-state index in [2.05, 4.69) is 4.74 Å². The molecule has 2 aromatic rings. The van der Waals surface area contributed by atoms with E-state index in [1.54, 1.807) is 12.1 Å². The van der Waals surface area contributed by atoms with Gasteiger partial charge in [-0.15, -0.1) is 0 Å². The number of ketones is 1. The summed E-state index contributed by atoms with van der Waals surface area (Å²) in [6.45, 7) is 0. The molecule has 0 amide bonds. The standard InChI is InChI=1S/C20H16O4/c1-24-20(23)19(22)16-11-14-9-5-6-10-15(14)18(16)17(12-21)13-7-3-2-4-8-13/h2-10,16,18H,11H2,1H3/t16-,18+/m0/s1. The molecule has 0 aromatic heterocycles. The Hall–Kier alpha value is -2.97. The van der Waals surface area contributed by atoms with Crippen LogP contribution in [0, 0.1) is 5.92 Å². The highest BCUT2D eigenvalue weighted by molar-refractivity contribution is 6.35. The van der Waals surface area contributed by atoms with Gasteiger partial charge in [0.15, 0.2) is 0 Å². The lowest BCUT2D eigenvalue weighted by atomic mass is 9.81. The summed E-state index contributed by atoms with van der Waals surface area (Å²) in [6.07, 6.45) is 0.410. The van der Waals surface area contributed by atoms with Gasteiger partial charge in [-0.2, -0.15) is 0 Å². The van der Waals surface area contributed by atoms with Crippen molar-refractivity contribution in [3.63, 3.8) is 0 Å². The lowest BCUT2D eigenvalue weighted by molar-refractivity contribution is -0.153. The van der Waals surface area contributed by atoms with Gasteiger partial charge in [-0.05, 0) is 23.1 Å². The molecule has 0 saturated heterocycles. The van der Waals surface area contributed by atoms with Crippen molar-refractivity contribution in [3.8, 4) is 0 Å². The van der Waals surface area contributed by atoms with Crippen LogP contribution in [-0.2, 0) is 25.5 Å². The van der Waals surface area contributed by atoms with Crippen LogP contribution in [0.4, 0.5) is 0 Å². The van der Waals surface area contributed by atoms with Crippen molar-refractivity contribution in [2.24, 2.45) is 5.92 Å². The van der Waals surface area contributed by atoms with E-state index < -0.39 is 23.6 Å². The molecule has 0 radical (unpaired) electrons. The molecule has 1 aliphatic rings. The maximum absolute atomic E-state index is 12.5. The van der Waals surface area contributed by atoms with Crippen LogP contribution in [-0.4, -0.2) is 24.8 Å². The summed E-state index contributed by atoms with van der Waals surface area (Å²) in [7, 11) is 1.19. The molecule has 4 heteroatoms. The predicted molar refractivity (Wildman–Crippen MR) is 88.9 cm³/mol.